The van der Waals surface area contributed by atoms with Gasteiger partial charge in [-0.15, -0.1) is 21.5 Å². The van der Waals surface area contributed by atoms with Crippen molar-refractivity contribution in [2.24, 2.45) is 0 Å². The van der Waals surface area contributed by atoms with Crippen molar-refractivity contribution in [2.75, 3.05) is 14.2 Å². The van der Waals surface area contributed by atoms with Crippen LogP contribution < -0.4 is 9.47 Å². The summed E-state index contributed by atoms with van der Waals surface area (Å²) in [6.45, 7) is 2.08. The third-order valence-electron chi connectivity index (χ3n) is 3.33. The normalized spacial score (nSPS) is 10.8. The number of thiazole rings is 1. The van der Waals surface area contributed by atoms with Crippen LogP contribution in [0.3, 0.4) is 0 Å². The zero-order valence-electron chi connectivity index (χ0n) is 12.9. The van der Waals surface area contributed by atoms with Gasteiger partial charge in [0.2, 0.25) is 4.73 Å². The van der Waals surface area contributed by atoms with Gasteiger partial charge >= 0.3 is 0 Å². The Kier molecular flexibility index (Phi) is 4.63. The quantitative estimate of drug-likeness (QED) is 0.659. The molecule has 2 heterocycles. The molecule has 8 heteroatoms. The van der Waals surface area contributed by atoms with E-state index in [0.717, 1.165) is 22.8 Å². The number of halogens is 1. The number of nitrogens with zero attached hydrogens (tertiary/aromatic N) is 4. The van der Waals surface area contributed by atoms with Crippen molar-refractivity contribution < 1.29 is 9.47 Å². The second-order valence-electron chi connectivity index (χ2n) is 4.62. The van der Waals surface area contributed by atoms with Gasteiger partial charge in [-0.05, 0) is 34.5 Å². The number of ether oxygens (including phenoxy) is 2. The molecule has 6 nitrogen and oxygen atoms in total. The Hall–Kier alpha value is -1.93. The molecule has 0 unspecified atom stereocenters. The topological polar surface area (TPSA) is 62.1 Å². The fraction of sp³-hybridized carbons (Fsp3) is 0.267. The lowest BCUT2D eigenvalue weighted by molar-refractivity contribution is 0.391. The highest BCUT2D eigenvalue weighted by atomic mass is 79.9. The lowest BCUT2D eigenvalue weighted by Crippen LogP contribution is -2.04. The molecule has 0 aliphatic carbocycles. The van der Waals surface area contributed by atoms with Crippen LogP contribution in [0.2, 0.25) is 0 Å². The van der Waals surface area contributed by atoms with Crippen LogP contribution in [-0.2, 0) is 6.42 Å². The molecule has 0 saturated carbocycles. The second-order valence-corrected chi connectivity index (χ2v) is 6.27. The first-order valence-electron chi connectivity index (χ1n) is 6.96. The van der Waals surface area contributed by atoms with Gasteiger partial charge in [0.05, 0.1) is 19.2 Å². The molecule has 0 aliphatic rings. The van der Waals surface area contributed by atoms with Crippen molar-refractivity contribution in [3.63, 3.8) is 0 Å². The molecular formula is C15H15BrN4O2S. The molecule has 0 atom stereocenters. The number of methoxy groups -OCH3 is 2. The minimum atomic E-state index is 0.557. The predicted molar refractivity (Wildman–Crippen MR) is 92.6 cm³/mol. The first-order chi connectivity index (χ1) is 11.2. The van der Waals surface area contributed by atoms with Gasteiger partial charge in [-0.25, -0.2) is 4.98 Å². The molecule has 1 aromatic carbocycles. The van der Waals surface area contributed by atoms with Crippen LogP contribution in [0.25, 0.3) is 17.2 Å². The maximum atomic E-state index is 5.49. The van der Waals surface area contributed by atoms with E-state index >= 15 is 0 Å². The van der Waals surface area contributed by atoms with Gasteiger partial charge in [0.1, 0.15) is 22.9 Å². The van der Waals surface area contributed by atoms with Gasteiger partial charge in [0.25, 0.3) is 0 Å². The van der Waals surface area contributed by atoms with Crippen LogP contribution in [0.5, 0.6) is 11.5 Å². The molecule has 0 bridgehead atoms. The summed E-state index contributed by atoms with van der Waals surface area (Å²) in [5.41, 5.74) is 1.51. The maximum Gasteiger partial charge on any atom is 0.205 e. The summed E-state index contributed by atoms with van der Waals surface area (Å²) in [5, 5.41) is 11.4. The summed E-state index contributed by atoms with van der Waals surface area (Å²) in [4.78, 5) is 4.60. The first-order valence-corrected chi connectivity index (χ1v) is 8.63. The van der Waals surface area contributed by atoms with E-state index in [1.165, 1.54) is 0 Å². The molecule has 0 radical (unpaired) electrons. The highest BCUT2D eigenvalue weighted by Gasteiger charge is 2.22. The smallest absolute Gasteiger partial charge is 0.205 e. The van der Waals surface area contributed by atoms with E-state index in [9.17, 15) is 0 Å². The van der Waals surface area contributed by atoms with Crippen molar-refractivity contribution >= 4 is 27.3 Å². The minimum Gasteiger partial charge on any atom is -0.494 e. The zero-order chi connectivity index (χ0) is 16.4. The number of aryl methyl sites for hydroxylation is 1. The van der Waals surface area contributed by atoms with Gasteiger partial charge < -0.3 is 9.47 Å². The molecule has 3 rings (SSSR count). The summed E-state index contributed by atoms with van der Waals surface area (Å²) < 4.78 is 13.4. The van der Waals surface area contributed by atoms with Crippen LogP contribution in [-0.4, -0.2) is 34.0 Å². The van der Waals surface area contributed by atoms with E-state index in [0.29, 0.717) is 22.1 Å². The summed E-state index contributed by atoms with van der Waals surface area (Å²) >= 11 is 5.06. The molecule has 0 fully saturated rings. The lowest BCUT2D eigenvalue weighted by atomic mass is 10.2. The molecule has 120 valence electrons. The molecule has 2 aromatic heterocycles. The van der Waals surface area contributed by atoms with E-state index in [4.69, 9.17) is 9.47 Å². The average molecular weight is 395 g/mol. The minimum absolute atomic E-state index is 0.557. The van der Waals surface area contributed by atoms with Crippen molar-refractivity contribution in [1.29, 1.82) is 0 Å². The van der Waals surface area contributed by atoms with Gasteiger partial charge in [-0.2, -0.15) is 0 Å². The standard InChI is InChI=1S/C15H15BrN4O2S/c1-4-12-17-9(8-23-12)14-18-19-15(16)20(14)13-10(21-2)6-5-7-11(13)22-3/h5-8H,4H2,1-3H3. The van der Waals surface area contributed by atoms with Crippen LogP contribution in [0.1, 0.15) is 11.9 Å². The van der Waals surface area contributed by atoms with E-state index in [1.807, 2.05) is 28.1 Å². The molecule has 0 spiro atoms. The third-order valence-corrected chi connectivity index (χ3v) is 4.84. The molecule has 0 N–H and O–H groups in total. The molecular weight excluding hydrogens is 380 g/mol. The number of rotatable bonds is 5. The lowest BCUT2D eigenvalue weighted by Gasteiger charge is -2.15. The Balaban J connectivity index is 2.24. The van der Waals surface area contributed by atoms with Crippen molar-refractivity contribution in [2.45, 2.75) is 13.3 Å². The van der Waals surface area contributed by atoms with Crippen molar-refractivity contribution in [1.82, 2.24) is 19.7 Å². The number of hydrogen-bond donors (Lipinski definition) is 0. The van der Waals surface area contributed by atoms with Gasteiger partial charge in [-0.1, -0.05) is 13.0 Å². The molecule has 0 aliphatic heterocycles. The monoisotopic (exact) mass is 394 g/mol. The summed E-state index contributed by atoms with van der Waals surface area (Å²) in [7, 11) is 3.24. The maximum absolute atomic E-state index is 5.49. The van der Waals surface area contributed by atoms with Gasteiger partial charge in [0, 0.05) is 5.38 Å². The highest BCUT2D eigenvalue weighted by Crippen LogP contribution is 2.37. The van der Waals surface area contributed by atoms with Gasteiger partial charge in [-0.3, -0.25) is 4.57 Å². The average Bonchev–Trinajstić information content (AvgIpc) is 3.20. The van der Waals surface area contributed by atoms with E-state index in [2.05, 4.69) is 38.0 Å². The number of hydrogen-bond acceptors (Lipinski definition) is 6. The van der Waals surface area contributed by atoms with E-state index in [1.54, 1.807) is 25.6 Å². The van der Waals surface area contributed by atoms with Crippen LogP contribution in [0, 0.1) is 0 Å². The third kappa shape index (κ3) is 2.84. The molecule has 23 heavy (non-hydrogen) atoms. The van der Waals surface area contributed by atoms with Crippen LogP contribution in [0.4, 0.5) is 0 Å². The van der Waals surface area contributed by atoms with E-state index in [-0.39, 0.29) is 0 Å². The molecule has 3 aromatic rings. The molecule has 0 amide bonds. The highest BCUT2D eigenvalue weighted by molar-refractivity contribution is 9.10. The number of aromatic nitrogens is 4. The fourth-order valence-corrected chi connectivity index (χ4v) is 3.41. The zero-order valence-corrected chi connectivity index (χ0v) is 15.3. The molecule has 0 saturated heterocycles. The van der Waals surface area contributed by atoms with Crippen LogP contribution >= 0.6 is 27.3 Å². The largest absolute Gasteiger partial charge is 0.494 e. The van der Waals surface area contributed by atoms with Gasteiger partial charge in [0.15, 0.2) is 5.82 Å². The Morgan fingerprint density at radius 3 is 2.43 bits per heavy atom. The fourth-order valence-electron chi connectivity index (χ4n) is 2.26. The Bertz CT molecular complexity index is 808. The number of benzene rings is 1. The van der Waals surface area contributed by atoms with Crippen molar-refractivity contribution in [3.05, 3.63) is 33.3 Å². The summed E-state index contributed by atoms with van der Waals surface area (Å²) in [6.07, 6.45) is 0.887. The Morgan fingerprint density at radius 1 is 1.17 bits per heavy atom. The SMILES string of the molecule is CCc1nc(-c2nnc(Br)n2-c2c(OC)cccc2OC)cs1. The second kappa shape index (κ2) is 6.67. The summed E-state index contributed by atoms with van der Waals surface area (Å²) in [6, 6.07) is 5.61. The van der Waals surface area contributed by atoms with Crippen molar-refractivity contribution in [3.8, 4) is 28.7 Å². The summed E-state index contributed by atoms with van der Waals surface area (Å²) in [5.74, 6) is 1.96. The number of para-hydroxylation sites is 1. The Morgan fingerprint density at radius 2 is 1.87 bits per heavy atom. The Labute approximate surface area is 146 Å². The predicted octanol–water partition coefficient (Wildman–Crippen LogP) is 3.73. The first kappa shape index (κ1) is 15.9. The van der Waals surface area contributed by atoms with Crippen LogP contribution in [0.15, 0.2) is 28.3 Å². The van der Waals surface area contributed by atoms with E-state index < -0.39 is 0 Å².